The number of hydrazone groups is 3. The Bertz CT molecular complexity index is 2360. The average molecular weight is 1030 g/mol. The van der Waals surface area contributed by atoms with Gasteiger partial charge in [0.1, 0.15) is 17.5 Å². The molecular formula is C48H42IrN9O6. The van der Waals surface area contributed by atoms with Gasteiger partial charge in [0.2, 0.25) is 0 Å². The van der Waals surface area contributed by atoms with Gasteiger partial charge in [-0.05, 0) is 57.2 Å². The topological polar surface area (TPSA) is 203 Å². The van der Waals surface area contributed by atoms with Crippen LogP contribution in [0.4, 0.5) is 17.1 Å². The van der Waals surface area contributed by atoms with E-state index < -0.39 is 34.9 Å². The summed E-state index contributed by atoms with van der Waals surface area (Å²) in [6.45, 7) is 5.27. The quantitative estimate of drug-likeness (QED) is 0.191. The summed E-state index contributed by atoms with van der Waals surface area (Å²) in [7, 11) is 0. The zero-order valence-corrected chi connectivity index (χ0v) is 37.2. The van der Waals surface area contributed by atoms with Crippen LogP contribution in [-0.4, -0.2) is 35.4 Å². The van der Waals surface area contributed by atoms with Crippen LogP contribution in [0.5, 0.6) is 0 Å². The smallest absolute Gasteiger partial charge is 0.545 e. The molecule has 3 atom stereocenters. The fraction of sp³-hybridized carbons (Fsp3) is 0.125. The molecule has 324 valence electrons. The van der Waals surface area contributed by atoms with E-state index in [9.17, 15) is 29.7 Å². The number of anilines is 3. The number of carbonyl (C=O) groups excluding carboxylic acids is 3. The summed E-state index contributed by atoms with van der Waals surface area (Å²) in [5.74, 6) is -2.06. The molecule has 0 bridgehead atoms. The van der Waals surface area contributed by atoms with E-state index in [-0.39, 0.29) is 20.1 Å². The van der Waals surface area contributed by atoms with Crippen LogP contribution in [0.15, 0.2) is 197 Å². The summed E-state index contributed by atoms with van der Waals surface area (Å²) < 4.78 is 0. The molecule has 3 aliphatic rings. The van der Waals surface area contributed by atoms with Gasteiger partial charge in [0, 0.05) is 33.8 Å². The maximum Gasteiger partial charge on any atom is 3.00 e. The second kappa shape index (κ2) is 19.5. The van der Waals surface area contributed by atoms with Gasteiger partial charge >= 0.3 is 20.1 Å². The molecule has 6 aromatic rings. The minimum absolute atomic E-state index is 0. The van der Waals surface area contributed by atoms with Crippen molar-refractivity contribution < 1.29 is 49.8 Å². The fourth-order valence-electron chi connectivity index (χ4n) is 7.77. The number of amidine groups is 3. The van der Waals surface area contributed by atoms with Crippen LogP contribution in [0.25, 0.3) is 0 Å². The van der Waals surface area contributed by atoms with Crippen LogP contribution < -0.4 is 46.3 Å². The Hall–Kier alpha value is -7.81. The van der Waals surface area contributed by atoms with Gasteiger partial charge in [0.25, 0.3) is 0 Å². The first-order valence-corrected chi connectivity index (χ1v) is 19.8. The number of nitrogens with one attached hydrogen (secondary N) is 3. The molecule has 0 aliphatic carbocycles. The van der Waals surface area contributed by atoms with Crippen LogP contribution in [0.2, 0.25) is 0 Å². The molecule has 3 aliphatic heterocycles. The van der Waals surface area contributed by atoms with Gasteiger partial charge < -0.3 is 29.7 Å². The first-order valence-electron chi connectivity index (χ1n) is 19.8. The molecule has 9 rings (SSSR count). The molecule has 0 aromatic heterocycles. The van der Waals surface area contributed by atoms with Crippen LogP contribution in [0, 0.1) is 0 Å². The summed E-state index contributed by atoms with van der Waals surface area (Å²) in [4.78, 5) is 40.8. The monoisotopic (exact) mass is 1030 g/mol. The summed E-state index contributed by atoms with van der Waals surface area (Å²) in [6.07, 6.45) is 0. The largest absolute Gasteiger partial charge is 3.00 e. The van der Waals surface area contributed by atoms with Crippen LogP contribution >= 0.6 is 0 Å². The van der Waals surface area contributed by atoms with Gasteiger partial charge in [0.05, 0.1) is 17.9 Å². The molecule has 3 unspecified atom stereocenters. The van der Waals surface area contributed by atoms with Crippen molar-refractivity contribution in [2.75, 3.05) is 14.7 Å². The van der Waals surface area contributed by atoms with E-state index in [1.54, 1.807) is 108 Å². The van der Waals surface area contributed by atoms with Gasteiger partial charge in [-0.2, -0.15) is 15.3 Å². The van der Waals surface area contributed by atoms with Crippen molar-refractivity contribution in [2.24, 2.45) is 15.3 Å². The van der Waals surface area contributed by atoms with Crippen molar-refractivity contribution in [1.82, 2.24) is 16.3 Å². The third kappa shape index (κ3) is 8.27. The van der Waals surface area contributed by atoms with Crippen molar-refractivity contribution in [3.05, 3.63) is 199 Å². The number of aliphatic carboxylic acids is 3. The summed E-state index contributed by atoms with van der Waals surface area (Å²) in [5.41, 5.74) is 7.50. The first kappa shape index (κ1) is 45.7. The zero-order chi connectivity index (χ0) is 44.6. The van der Waals surface area contributed by atoms with Gasteiger partial charge in [-0.15, -0.1) is 0 Å². The molecular weight excluding hydrogens is 991 g/mol. The zero-order valence-electron chi connectivity index (χ0n) is 34.8. The van der Waals surface area contributed by atoms with E-state index in [0.717, 1.165) is 17.1 Å². The number of carbonyl (C=O) groups is 3. The minimum Gasteiger partial charge on any atom is -0.545 e. The summed E-state index contributed by atoms with van der Waals surface area (Å²) in [6, 6.07) is 54.5. The molecule has 16 heteroatoms. The Morgan fingerprint density at radius 1 is 0.375 bits per heavy atom. The Kier molecular flexibility index (Phi) is 13.9. The number of hydrogen-bond acceptors (Lipinski definition) is 15. The Balaban J connectivity index is 0.000000158. The van der Waals surface area contributed by atoms with E-state index in [4.69, 9.17) is 0 Å². The van der Waals surface area contributed by atoms with Crippen LogP contribution in [0.1, 0.15) is 37.5 Å². The SMILES string of the molecule is CC1=NNC(C(=O)[O-])(c2ccccc2)N1c1ccccc1.CC1=NNC(C(=O)[O-])(c2ccccc2)N1c1ccccc1.CC1=NNC(C(=O)[O-])(c2ccccc2)N1c1ccccc1.[Ir+3]. The molecule has 0 saturated carbocycles. The standard InChI is InChI=1S/3C16H15N3O2.Ir/c3*1-12-17-18-16(15(20)21,13-8-4-2-5-9-13)19(12)14-10-6-3-7-11-14;/h3*2-11,18H,1H3,(H,20,21);/q;;;+3/p-3. The van der Waals surface area contributed by atoms with E-state index >= 15 is 0 Å². The maximum atomic E-state index is 12.0. The molecule has 0 radical (unpaired) electrons. The van der Waals surface area contributed by atoms with Gasteiger partial charge in [0.15, 0.2) is 17.0 Å². The molecule has 64 heavy (non-hydrogen) atoms. The summed E-state index contributed by atoms with van der Waals surface area (Å²) in [5, 5.41) is 48.2. The Morgan fingerprint density at radius 3 is 0.750 bits per heavy atom. The van der Waals surface area contributed by atoms with Crippen molar-refractivity contribution in [3.8, 4) is 0 Å². The Morgan fingerprint density at radius 2 is 0.562 bits per heavy atom. The maximum absolute atomic E-state index is 12.0. The molecule has 3 heterocycles. The molecule has 0 fully saturated rings. The molecule has 0 saturated heterocycles. The van der Waals surface area contributed by atoms with E-state index in [2.05, 4.69) is 31.6 Å². The second-order valence-electron chi connectivity index (χ2n) is 14.4. The third-order valence-electron chi connectivity index (χ3n) is 10.6. The van der Waals surface area contributed by atoms with E-state index in [0.29, 0.717) is 34.2 Å². The normalized spacial score (nSPS) is 20.5. The number of hydrogen-bond donors (Lipinski definition) is 3. The molecule has 3 N–H and O–H groups in total. The fourth-order valence-corrected chi connectivity index (χ4v) is 7.77. The predicted molar refractivity (Wildman–Crippen MR) is 235 cm³/mol. The predicted octanol–water partition coefficient (Wildman–Crippen LogP) is 3.10. The van der Waals surface area contributed by atoms with Gasteiger partial charge in [-0.1, -0.05) is 146 Å². The Labute approximate surface area is 383 Å². The number of carboxylic acid groups (broad SMARTS) is 3. The average Bonchev–Trinajstić information content (AvgIpc) is 4.00. The second-order valence-corrected chi connectivity index (χ2v) is 14.4. The molecule has 0 spiro atoms. The summed E-state index contributed by atoms with van der Waals surface area (Å²) >= 11 is 0. The van der Waals surface area contributed by atoms with Crippen molar-refractivity contribution >= 4 is 52.5 Å². The van der Waals surface area contributed by atoms with Crippen molar-refractivity contribution in [3.63, 3.8) is 0 Å². The van der Waals surface area contributed by atoms with Crippen LogP contribution in [0.3, 0.4) is 0 Å². The number of para-hydroxylation sites is 3. The first-order chi connectivity index (χ1) is 30.5. The molecule has 6 aromatic carbocycles. The number of carboxylic acids is 3. The van der Waals surface area contributed by atoms with Crippen molar-refractivity contribution in [1.29, 1.82) is 0 Å². The molecule has 15 nitrogen and oxygen atoms in total. The minimum atomic E-state index is -1.54. The van der Waals surface area contributed by atoms with Gasteiger partial charge in [-0.25, -0.2) is 0 Å². The van der Waals surface area contributed by atoms with Gasteiger partial charge in [-0.3, -0.25) is 31.0 Å². The van der Waals surface area contributed by atoms with Crippen LogP contribution in [-0.2, 0) is 51.5 Å². The third-order valence-corrected chi connectivity index (χ3v) is 10.6. The number of nitrogens with zero attached hydrogens (tertiary/aromatic N) is 6. The van der Waals surface area contributed by atoms with Crippen molar-refractivity contribution in [2.45, 2.75) is 37.8 Å². The molecule has 0 amide bonds. The van der Waals surface area contributed by atoms with E-state index in [1.165, 1.54) is 0 Å². The van der Waals surface area contributed by atoms with E-state index in [1.807, 2.05) is 109 Å². The number of rotatable bonds is 9. The number of benzene rings is 6.